The van der Waals surface area contributed by atoms with Crippen molar-refractivity contribution in [1.29, 1.82) is 0 Å². The molecule has 0 aromatic heterocycles. The van der Waals surface area contributed by atoms with E-state index in [1.807, 2.05) is 62.4 Å². The zero-order valence-corrected chi connectivity index (χ0v) is 17.0. The van der Waals surface area contributed by atoms with E-state index >= 15 is 0 Å². The Labute approximate surface area is 171 Å². The molecule has 154 valence electrons. The van der Waals surface area contributed by atoms with Crippen molar-refractivity contribution < 1.29 is 19.1 Å². The standard InChI is InChI=1S/C23H28N2O4/c1-17-7-6-10-21(18(17)2)28-16-22(26)24-20-11-13-25(14-12-20)23(27)29-15-19-8-4-3-5-9-19/h3-10,20H,11-16H2,1-2H3,(H,24,26). The minimum atomic E-state index is -0.308. The molecule has 29 heavy (non-hydrogen) atoms. The molecule has 0 radical (unpaired) electrons. The molecule has 0 unspecified atom stereocenters. The van der Waals surface area contributed by atoms with Gasteiger partial charge in [-0.3, -0.25) is 4.79 Å². The Kier molecular flexibility index (Phi) is 7.11. The Hall–Kier alpha value is -3.02. The third kappa shape index (κ3) is 5.98. The lowest BCUT2D eigenvalue weighted by atomic mass is 10.1. The van der Waals surface area contributed by atoms with Crippen LogP contribution < -0.4 is 10.1 Å². The van der Waals surface area contributed by atoms with E-state index in [0.717, 1.165) is 22.4 Å². The molecule has 2 aromatic carbocycles. The molecule has 1 aliphatic rings. The molecule has 3 rings (SSSR count). The van der Waals surface area contributed by atoms with Gasteiger partial charge in [0.25, 0.3) is 5.91 Å². The van der Waals surface area contributed by atoms with Gasteiger partial charge in [0, 0.05) is 19.1 Å². The summed E-state index contributed by atoms with van der Waals surface area (Å²) < 4.78 is 11.0. The highest BCUT2D eigenvalue weighted by Gasteiger charge is 2.25. The first-order valence-corrected chi connectivity index (χ1v) is 9.97. The lowest BCUT2D eigenvalue weighted by Crippen LogP contribution is -2.47. The number of likely N-dealkylation sites (tertiary alicyclic amines) is 1. The number of benzene rings is 2. The van der Waals surface area contributed by atoms with E-state index in [0.29, 0.717) is 25.9 Å². The summed E-state index contributed by atoms with van der Waals surface area (Å²) in [5, 5.41) is 3.00. The highest BCUT2D eigenvalue weighted by molar-refractivity contribution is 5.78. The average Bonchev–Trinajstić information content (AvgIpc) is 2.74. The van der Waals surface area contributed by atoms with E-state index in [1.54, 1.807) is 4.90 Å². The van der Waals surface area contributed by atoms with E-state index in [-0.39, 0.29) is 31.3 Å². The van der Waals surface area contributed by atoms with Crippen molar-refractivity contribution >= 4 is 12.0 Å². The van der Waals surface area contributed by atoms with Gasteiger partial charge in [0.1, 0.15) is 12.4 Å². The number of hydrogen-bond donors (Lipinski definition) is 1. The smallest absolute Gasteiger partial charge is 0.410 e. The molecule has 0 atom stereocenters. The van der Waals surface area contributed by atoms with Gasteiger partial charge in [-0.15, -0.1) is 0 Å². The lowest BCUT2D eigenvalue weighted by molar-refractivity contribution is -0.124. The van der Waals surface area contributed by atoms with Crippen LogP contribution in [0.25, 0.3) is 0 Å². The fraction of sp³-hybridized carbons (Fsp3) is 0.391. The number of nitrogens with zero attached hydrogens (tertiary/aromatic N) is 1. The third-order valence-corrected chi connectivity index (χ3v) is 5.24. The van der Waals surface area contributed by atoms with Gasteiger partial charge in [-0.05, 0) is 49.4 Å². The van der Waals surface area contributed by atoms with Crippen molar-refractivity contribution in [1.82, 2.24) is 10.2 Å². The van der Waals surface area contributed by atoms with Gasteiger partial charge in [-0.25, -0.2) is 4.79 Å². The van der Waals surface area contributed by atoms with Crippen LogP contribution in [0.4, 0.5) is 4.79 Å². The molecule has 2 aromatic rings. The maximum Gasteiger partial charge on any atom is 0.410 e. The van der Waals surface area contributed by atoms with Crippen LogP contribution in [0.1, 0.15) is 29.5 Å². The summed E-state index contributed by atoms with van der Waals surface area (Å²) in [5.41, 5.74) is 3.14. The minimum absolute atomic E-state index is 0.0103. The Morgan fingerprint density at radius 2 is 1.76 bits per heavy atom. The van der Waals surface area contributed by atoms with Crippen molar-refractivity contribution in [2.45, 2.75) is 39.3 Å². The molecule has 1 heterocycles. The Balaban J connectivity index is 1.37. The van der Waals surface area contributed by atoms with Crippen LogP contribution >= 0.6 is 0 Å². The van der Waals surface area contributed by atoms with Crippen LogP contribution in [0.5, 0.6) is 5.75 Å². The quantitative estimate of drug-likeness (QED) is 0.810. The first-order valence-electron chi connectivity index (χ1n) is 9.97. The molecule has 1 saturated heterocycles. The molecule has 6 heteroatoms. The van der Waals surface area contributed by atoms with Crippen LogP contribution in [0.2, 0.25) is 0 Å². The predicted molar refractivity (Wildman–Crippen MR) is 111 cm³/mol. The third-order valence-electron chi connectivity index (χ3n) is 5.24. The number of nitrogens with one attached hydrogen (secondary N) is 1. The van der Waals surface area contributed by atoms with Crippen LogP contribution in [0, 0.1) is 13.8 Å². The van der Waals surface area contributed by atoms with Gasteiger partial charge in [0.05, 0.1) is 0 Å². The van der Waals surface area contributed by atoms with Crippen molar-refractivity contribution in [3.8, 4) is 5.75 Å². The molecule has 1 N–H and O–H groups in total. The van der Waals surface area contributed by atoms with E-state index in [4.69, 9.17) is 9.47 Å². The lowest BCUT2D eigenvalue weighted by Gasteiger charge is -2.31. The summed E-state index contributed by atoms with van der Waals surface area (Å²) in [6.45, 7) is 5.39. The highest BCUT2D eigenvalue weighted by Crippen LogP contribution is 2.20. The van der Waals surface area contributed by atoms with Crippen molar-refractivity contribution in [2.24, 2.45) is 0 Å². The highest BCUT2D eigenvalue weighted by atomic mass is 16.6. The first-order chi connectivity index (χ1) is 14.0. The number of piperidine rings is 1. The summed E-state index contributed by atoms with van der Waals surface area (Å²) in [6.07, 6.45) is 1.10. The van der Waals surface area contributed by atoms with Crippen molar-refractivity contribution in [2.75, 3.05) is 19.7 Å². The molecule has 0 saturated carbocycles. The number of hydrogen-bond acceptors (Lipinski definition) is 4. The van der Waals surface area contributed by atoms with Gasteiger partial charge >= 0.3 is 6.09 Å². The number of aryl methyl sites for hydroxylation is 1. The SMILES string of the molecule is Cc1cccc(OCC(=O)NC2CCN(C(=O)OCc3ccccc3)CC2)c1C. The van der Waals surface area contributed by atoms with Crippen LogP contribution in [0.15, 0.2) is 48.5 Å². The topological polar surface area (TPSA) is 67.9 Å². The fourth-order valence-corrected chi connectivity index (χ4v) is 3.31. The van der Waals surface area contributed by atoms with Crippen molar-refractivity contribution in [3.05, 3.63) is 65.2 Å². The van der Waals surface area contributed by atoms with Gasteiger partial charge in [0.15, 0.2) is 6.61 Å². The normalized spacial score (nSPS) is 14.3. The maximum atomic E-state index is 12.2. The molecule has 1 fully saturated rings. The molecule has 0 bridgehead atoms. The number of rotatable bonds is 6. The molecule has 0 aliphatic carbocycles. The fourth-order valence-electron chi connectivity index (χ4n) is 3.31. The summed E-state index contributed by atoms with van der Waals surface area (Å²) in [5.74, 6) is 0.590. The van der Waals surface area contributed by atoms with Crippen LogP contribution in [-0.4, -0.2) is 42.6 Å². The Morgan fingerprint density at radius 3 is 2.48 bits per heavy atom. The second-order valence-corrected chi connectivity index (χ2v) is 7.36. The van der Waals surface area contributed by atoms with Gasteiger partial charge < -0.3 is 19.7 Å². The van der Waals surface area contributed by atoms with Gasteiger partial charge in [0.2, 0.25) is 0 Å². The second-order valence-electron chi connectivity index (χ2n) is 7.36. The molecule has 0 spiro atoms. The number of ether oxygens (including phenoxy) is 2. The molecular weight excluding hydrogens is 368 g/mol. The van der Waals surface area contributed by atoms with E-state index in [1.165, 1.54) is 0 Å². The largest absolute Gasteiger partial charge is 0.483 e. The van der Waals surface area contributed by atoms with E-state index < -0.39 is 0 Å². The first kappa shape index (κ1) is 20.7. The summed E-state index contributed by atoms with van der Waals surface area (Å²) in [4.78, 5) is 26.1. The zero-order chi connectivity index (χ0) is 20.6. The van der Waals surface area contributed by atoms with Gasteiger partial charge in [-0.1, -0.05) is 42.5 Å². The monoisotopic (exact) mass is 396 g/mol. The predicted octanol–water partition coefficient (Wildman–Crippen LogP) is 3.60. The number of amides is 2. The van der Waals surface area contributed by atoms with E-state index in [9.17, 15) is 9.59 Å². The van der Waals surface area contributed by atoms with Crippen molar-refractivity contribution in [3.63, 3.8) is 0 Å². The molecule has 6 nitrogen and oxygen atoms in total. The zero-order valence-electron chi connectivity index (χ0n) is 17.0. The van der Waals surface area contributed by atoms with E-state index in [2.05, 4.69) is 5.32 Å². The van der Waals surface area contributed by atoms with Gasteiger partial charge in [-0.2, -0.15) is 0 Å². The summed E-state index contributed by atoms with van der Waals surface area (Å²) in [6, 6.07) is 15.5. The Morgan fingerprint density at radius 1 is 1.03 bits per heavy atom. The van der Waals surface area contributed by atoms with Crippen LogP contribution in [0.3, 0.4) is 0 Å². The maximum absolute atomic E-state index is 12.2. The number of carbonyl (C=O) groups is 2. The average molecular weight is 396 g/mol. The summed E-state index contributed by atoms with van der Waals surface area (Å²) >= 11 is 0. The second kappa shape index (κ2) is 9.96. The number of carbonyl (C=O) groups excluding carboxylic acids is 2. The molecule has 1 aliphatic heterocycles. The van der Waals surface area contributed by atoms with Crippen LogP contribution in [-0.2, 0) is 16.1 Å². The molecule has 2 amide bonds. The summed E-state index contributed by atoms with van der Waals surface area (Å²) in [7, 11) is 0. The Bertz CT molecular complexity index is 830. The molecular formula is C23H28N2O4. The minimum Gasteiger partial charge on any atom is -0.483 e.